The summed E-state index contributed by atoms with van der Waals surface area (Å²) in [4.78, 5) is 43.8. The first-order valence-corrected chi connectivity index (χ1v) is 14.1. The fourth-order valence-corrected chi connectivity index (χ4v) is 6.00. The zero-order valence-corrected chi connectivity index (χ0v) is 23.7. The van der Waals surface area contributed by atoms with Crippen LogP contribution in [0.25, 0.3) is 0 Å². The maximum atomic E-state index is 13.8. The largest absolute Gasteiger partial charge is 0.351 e. The number of nitrogens with zero attached hydrogens (tertiary/aromatic N) is 4. The third-order valence-corrected chi connectivity index (χ3v) is 8.13. The number of hydrogen-bond donors (Lipinski definition) is 1. The molecule has 0 radical (unpaired) electrons. The van der Waals surface area contributed by atoms with Gasteiger partial charge in [0.15, 0.2) is 5.54 Å². The smallest absolute Gasteiger partial charge is 0.252 e. The van der Waals surface area contributed by atoms with Crippen LogP contribution < -0.4 is 15.1 Å². The minimum atomic E-state index is -2.79. The number of pyridine rings is 1. The lowest BCUT2D eigenvalue weighted by Gasteiger charge is -2.42. The Morgan fingerprint density at radius 2 is 1.95 bits per heavy atom. The van der Waals surface area contributed by atoms with E-state index in [4.69, 9.17) is 16.9 Å². The molecule has 1 saturated heterocycles. The second-order valence-electron chi connectivity index (χ2n) is 10.7. The van der Waals surface area contributed by atoms with Gasteiger partial charge in [0.05, 0.1) is 11.6 Å². The zero-order chi connectivity index (χ0) is 30.8. The van der Waals surface area contributed by atoms with E-state index in [1.54, 1.807) is 41.4 Å². The summed E-state index contributed by atoms with van der Waals surface area (Å²) >= 11 is 6.08. The van der Waals surface area contributed by atoms with E-state index in [1.165, 1.54) is 23.1 Å². The molecule has 0 spiro atoms. The van der Waals surface area contributed by atoms with Gasteiger partial charge in [0.1, 0.15) is 11.6 Å². The van der Waals surface area contributed by atoms with Crippen molar-refractivity contribution >= 4 is 41.3 Å². The van der Waals surface area contributed by atoms with Crippen LogP contribution in [0.2, 0.25) is 5.02 Å². The van der Waals surface area contributed by atoms with Crippen LogP contribution >= 0.6 is 11.6 Å². The lowest BCUT2D eigenvalue weighted by Crippen LogP contribution is -2.60. The molecule has 12 heteroatoms. The average molecular weight is 610 g/mol. The average Bonchev–Trinajstić information content (AvgIpc) is 3.57. The van der Waals surface area contributed by atoms with Gasteiger partial charge in [0, 0.05) is 48.8 Å². The first-order valence-electron chi connectivity index (χ1n) is 13.7. The highest BCUT2D eigenvalue weighted by molar-refractivity contribution is 6.30. The highest BCUT2D eigenvalue weighted by atomic mass is 35.5. The molecule has 0 unspecified atom stereocenters. The fraction of sp³-hybridized carbons (Fsp3) is 0.323. The molecule has 3 aromatic rings. The number of aromatic nitrogens is 1. The van der Waals surface area contributed by atoms with Crippen molar-refractivity contribution in [3.05, 3.63) is 88.3 Å². The number of rotatable bonds is 6. The molecule has 3 aliphatic rings. The summed E-state index contributed by atoms with van der Waals surface area (Å²) in [5.74, 6) is -3.23. The van der Waals surface area contributed by atoms with Gasteiger partial charge in [-0.05, 0) is 72.9 Å². The Labute approximate surface area is 251 Å². The SMILES string of the molecule is N#Cc1ccnc(N2CCCC2=O)c1.O=CN(c1cccc(F)c1)[C@]1(C(=O)NC2CC(F)(F)C2)CCc2cc(Cl)ccc21. The Kier molecular flexibility index (Phi) is 8.42. The molecular weight excluding hydrogens is 583 g/mol. The third kappa shape index (κ3) is 6.06. The summed E-state index contributed by atoms with van der Waals surface area (Å²) in [5.41, 5.74) is 0.614. The number of benzene rings is 2. The second kappa shape index (κ2) is 12.1. The molecule has 1 aliphatic heterocycles. The molecule has 1 N–H and O–H groups in total. The monoisotopic (exact) mass is 609 g/mol. The van der Waals surface area contributed by atoms with Gasteiger partial charge in [-0.3, -0.25) is 24.2 Å². The summed E-state index contributed by atoms with van der Waals surface area (Å²) in [6.45, 7) is 0.709. The number of carbonyl (C=O) groups excluding carboxylic acids is 3. The van der Waals surface area contributed by atoms with Crippen molar-refractivity contribution in [1.29, 1.82) is 5.26 Å². The minimum absolute atomic E-state index is 0.0904. The molecule has 2 aromatic carbocycles. The van der Waals surface area contributed by atoms with Crippen molar-refractivity contribution in [1.82, 2.24) is 10.3 Å². The molecule has 222 valence electrons. The molecule has 3 amide bonds. The van der Waals surface area contributed by atoms with Crippen LogP contribution in [-0.4, -0.2) is 41.7 Å². The number of halogens is 4. The molecule has 2 fully saturated rings. The Morgan fingerprint density at radius 3 is 2.60 bits per heavy atom. The van der Waals surface area contributed by atoms with Crippen LogP contribution in [0.5, 0.6) is 0 Å². The highest BCUT2D eigenvalue weighted by Crippen LogP contribution is 2.45. The van der Waals surface area contributed by atoms with Gasteiger partial charge in [-0.2, -0.15) is 5.26 Å². The maximum Gasteiger partial charge on any atom is 0.252 e. The first kappa shape index (κ1) is 30.0. The fourth-order valence-electron chi connectivity index (χ4n) is 5.81. The van der Waals surface area contributed by atoms with Gasteiger partial charge < -0.3 is 5.32 Å². The summed E-state index contributed by atoms with van der Waals surface area (Å²) in [6, 6.07) is 15.0. The standard InChI is InChI=1S/C21H18ClF3N2O2.C10H9N3O/c22-14-4-5-18-13(8-14)6-7-21(18,19(29)26-16-10-20(24,25)11-16)27(12-28)17-3-1-2-15(23)9-17;11-7-8-3-4-12-9(6-8)13-5-1-2-10(13)14/h1-5,8-9,12,16H,6-7,10-11H2,(H,26,29);3-4,6H,1-2,5H2/t21-;/m1./s1. The number of nitrogens with one attached hydrogen (secondary N) is 1. The predicted octanol–water partition coefficient (Wildman–Crippen LogP) is 5.28. The minimum Gasteiger partial charge on any atom is -0.351 e. The second-order valence-corrected chi connectivity index (χ2v) is 11.2. The molecular formula is C31H27ClF3N5O3. The summed E-state index contributed by atoms with van der Waals surface area (Å²) in [6.07, 6.45) is 3.30. The van der Waals surface area contributed by atoms with Crippen molar-refractivity contribution in [3.8, 4) is 6.07 Å². The highest BCUT2D eigenvalue weighted by Gasteiger charge is 2.53. The van der Waals surface area contributed by atoms with Crippen molar-refractivity contribution in [2.75, 3.05) is 16.3 Å². The lowest BCUT2D eigenvalue weighted by molar-refractivity contribution is -0.135. The molecule has 8 nitrogen and oxygen atoms in total. The first-order chi connectivity index (χ1) is 20.6. The number of carbonyl (C=O) groups is 3. The van der Waals surface area contributed by atoms with Crippen LogP contribution in [0.3, 0.4) is 0 Å². The quantitative estimate of drug-likeness (QED) is 0.383. The number of hydrogen-bond acceptors (Lipinski definition) is 5. The molecule has 2 aliphatic carbocycles. The van der Waals surface area contributed by atoms with Crippen LogP contribution in [0.15, 0.2) is 60.8 Å². The van der Waals surface area contributed by atoms with Crippen LogP contribution in [-0.2, 0) is 26.3 Å². The molecule has 43 heavy (non-hydrogen) atoms. The van der Waals surface area contributed by atoms with Crippen molar-refractivity contribution in [3.63, 3.8) is 0 Å². The number of alkyl halides is 2. The van der Waals surface area contributed by atoms with Gasteiger partial charge >= 0.3 is 0 Å². The molecule has 2 heterocycles. The van der Waals surface area contributed by atoms with Gasteiger partial charge in [-0.1, -0.05) is 23.7 Å². The van der Waals surface area contributed by atoms with Gasteiger partial charge in [0.25, 0.3) is 11.8 Å². The van der Waals surface area contributed by atoms with E-state index in [-0.39, 0.29) is 18.0 Å². The number of nitriles is 1. The Balaban J connectivity index is 0.000000220. The molecule has 1 aromatic heterocycles. The van der Waals surface area contributed by atoms with Crippen molar-refractivity contribution < 1.29 is 27.6 Å². The van der Waals surface area contributed by atoms with E-state index in [0.29, 0.717) is 47.8 Å². The van der Waals surface area contributed by atoms with Crippen molar-refractivity contribution in [2.45, 2.75) is 56.0 Å². The lowest BCUT2D eigenvalue weighted by atomic mass is 9.84. The van der Waals surface area contributed by atoms with Crippen molar-refractivity contribution in [2.24, 2.45) is 0 Å². The van der Waals surface area contributed by atoms with E-state index in [2.05, 4.69) is 10.3 Å². The number of amides is 3. The number of fused-ring (bicyclic) bond motifs is 1. The van der Waals surface area contributed by atoms with E-state index in [1.807, 2.05) is 6.07 Å². The van der Waals surface area contributed by atoms with Gasteiger partial charge in [-0.25, -0.2) is 18.2 Å². The van der Waals surface area contributed by atoms with Crippen LogP contribution in [0, 0.1) is 17.1 Å². The topological polar surface area (TPSA) is 106 Å². The van der Waals surface area contributed by atoms with E-state index in [0.717, 1.165) is 18.1 Å². The Bertz CT molecular complexity index is 1610. The normalized spacial score (nSPS) is 20.3. The Hall–Kier alpha value is -4.43. The number of aryl methyl sites for hydroxylation is 1. The molecule has 1 saturated carbocycles. The Morgan fingerprint density at radius 1 is 1.16 bits per heavy atom. The third-order valence-electron chi connectivity index (χ3n) is 7.90. The van der Waals surface area contributed by atoms with Gasteiger partial charge in [0.2, 0.25) is 12.3 Å². The summed E-state index contributed by atoms with van der Waals surface area (Å²) < 4.78 is 40.4. The predicted molar refractivity (Wildman–Crippen MR) is 153 cm³/mol. The van der Waals surface area contributed by atoms with Crippen LogP contribution in [0.4, 0.5) is 24.7 Å². The molecule has 0 bridgehead atoms. The maximum absolute atomic E-state index is 13.8. The number of anilines is 2. The molecule has 6 rings (SSSR count). The van der Waals surface area contributed by atoms with Gasteiger partial charge in [-0.15, -0.1) is 0 Å². The van der Waals surface area contributed by atoms with E-state index in [9.17, 15) is 27.6 Å². The van der Waals surface area contributed by atoms with Crippen LogP contribution in [0.1, 0.15) is 48.8 Å². The van der Waals surface area contributed by atoms with E-state index >= 15 is 0 Å². The molecule has 1 atom stereocenters. The zero-order valence-electron chi connectivity index (χ0n) is 22.9. The summed E-state index contributed by atoms with van der Waals surface area (Å²) in [5, 5.41) is 11.8. The van der Waals surface area contributed by atoms with E-state index < -0.39 is 42.1 Å². The summed E-state index contributed by atoms with van der Waals surface area (Å²) in [7, 11) is 0.